The predicted molar refractivity (Wildman–Crippen MR) is 106 cm³/mol. The van der Waals surface area contributed by atoms with Gasteiger partial charge in [-0.1, -0.05) is 18.2 Å². The number of nitrogens with one attached hydrogen (secondary N) is 2. The van der Waals surface area contributed by atoms with E-state index in [2.05, 4.69) is 26.6 Å². The summed E-state index contributed by atoms with van der Waals surface area (Å²) in [7, 11) is 0. The molecule has 132 valence electrons. The normalized spacial score (nSPS) is 14.7. The van der Waals surface area contributed by atoms with E-state index in [1.807, 2.05) is 36.4 Å². The Kier molecular flexibility index (Phi) is 3.49. The number of carbonyl (C=O) groups excluding carboxylic acids is 3. The number of rotatable bonds is 2. The van der Waals surface area contributed by atoms with Crippen LogP contribution in [0.4, 0.5) is 4.79 Å². The van der Waals surface area contributed by atoms with Crippen LogP contribution in [0.3, 0.4) is 0 Å². The van der Waals surface area contributed by atoms with Gasteiger partial charge in [-0.25, -0.2) is 4.79 Å². The second kappa shape index (κ2) is 5.90. The molecule has 1 aliphatic rings. The minimum absolute atomic E-state index is 0.0767. The Morgan fingerprint density at radius 3 is 2.37 bits per heavy atom. The van der Waals surface area contributed by atoms with Crippen LogP contribution in [0, 0.1) is 0 Å². The van der Waals surface area contributed by atoms with Crippen molar-refractivity contribution in [2.75, 3.05) is 0 Å². The average molecular weight is 393 g/mol. The topological polar surface area (TPSA) is 80.2 Å². The first-order valence-electron chi connectivity index (χ1n) is 8.07. The molecule has 1 aromatic carbocycles. The molecule has 6 nitrogen and oxygen atoms in total. The monoisotopic (exact) mass is 393 g/mol. The zero-order chi connectivity index (χ0) is 18.5. The van der Waals surface area contributed by atoms with Crippen LogP contribution >= 0.6 is 22.7 Å². The van der Waals surface area contributed by atoms with Crippen LogP contribution in [0.5, 0.6) is 0 Å². The predicted octanol–water partition coefficient (Wildman–Crippen LogP) is 3.66. The Morgan fingerprint density at radius 1 is 0.889 bits per heavy atom. The minimum Gasteiger partial charge on any atom is -0.307 e. The summed E-state index contributed by atoms with van der Waals surface area (Å²) in [6.45, 7) is 0. The molecule has 5 rings (SSSR count). The maximum Gasteiger partial charge on any atom is 0.328 e. The van der Waals surface area contributed by atoms with Crippen molar-refractivity contribution in [1.29, 1.82) is 0 Å². The van der Waals surface area contributed by atoms with Gasteiger partial charge in [0.05, 0.1) is 20.4 Å². The third-order valence-electron chi connectivity index (χ3n) is 4.31. The average Bonchev–Trinajstić information content (AvgIpc) is 3.31. The van der Waals surface area contributed by atoms with Crippen LogP contribution < -0.4 is 10.6 Å². The summed E-state index contributed by atoms with van der Waals surface area (Å²) < 4.78 is 4.43. The van der Waals surface area contributed by atoms with Gasteiger partial charge >= 0.3 is 6.03 Å². The molecule has 4 amide bonds. The van der Waals surface area contributed by atoms with Crippen LogP contribution in [-0.2, 0) is 9.59 Å². The number of aromatic nitrogens is 1. The van der Waals surface area contributed by atoms with Gasteiger partial charge in [0.25, 0.3) is 11.8 Å². The van der Waals surface area contributed by atoms with Gasteiger partial charge in [-0.3, -0.25) is 20.2 Å². The third-order valence-corrected chi connectivity index (χ3v) is 6.45. The number of nitrogens with zero attached hydrogens (tertiary/aromatic N) is 1. The van der Waals surface area contributed by atoms with Gasteiger partial charge < -0.3 is 4.57 Å². The zero-order valence-corrected chi connectivity index (χ0v) is 15.3. The Balaban J connectivity index is 1.70. The Bertz CT molecular complexity index is 1260. The molecule has 27 heavy (non-hydrogen) atoms. The van der Waals surface area contributed by atoms with E-state index < -0.39 is 17.8 Å². The van der Waals surface area contributed by atoms with Crippen molar-refractivity contribution in [3.8, 4) is 5.69 Å². The lowest BCUT2D eigenvalue weighted by Gasteiger charge is -2.13. The number of amides is 4. The van der Waals surface area contributed by atoms with E-state index in [-0.39, 0.29) is 5.57 Å². The van der Waals surface area contributed by atoms with Gasteiger partial charge in [-0.2, -0.15) is 0 Å². The quantitative estimate of drug-likeness (QED) is 0.403. The molecule has 1 aliphatic heterocycles. The molecular formula is C19H11N3O3S2. The largest absolute Gasteiger partial charge is 0.328 e. The summed E-state index contributed by atoms with van der Waals surface area (Å²) >= 11 is 3.17. The maximum absolute atomic E-state index is 12.0. The van der Waals surface area contributed by atoms with Crippen molar-refractivity contribution in [1.82, 2.24) is 15.2 Å². The summed E-state index contributed by atoms with van der Waals surface area (Å²) in [5.41, 5.74) is 3.12. The first-order chi connectivity index (χ1) is 13.1. The van der Waals surface area contributed by atoms with E-state index in [0.29, 0.717) is 0 Å². The molecule has 0 atom stereocenters. The molecule has 0 radical (unpaired) electrons. The number of fused-ring (bicyclic) bond motifs is 3. The third kappa shape index (κ3) is 2.49. The van der Waals surface area contributed by atoms with Gasteiger partial charge in [0.1, 0.15) is 5.57 Å². The fourth-order valence-corrected chi connectivity index (χ4v) is 5.31. The van der Waals surface area contributed by atoms with Crippen molar-refractivity contribution in [2.24, 2.45) is 0 Å². The Morgan fingerprint density at radius 2 is 1.63 bits per heavy atom. The van der Waals surface area contributed by atoms with Gasteiger partial charge in [-0.15, -0.1) is 22.7 Å². The molecule has 4 heterocycles. The number of para-hydroxylation sites is 1. The molecule has 0 saturated carbocycles. The van der Waals surface area contributed by atoms with Crippen LogP contribution in [-0.4, -0.2) is 22.4 Å². The van der Waals surface area contributed by atoms with Gasteiger partial charge in [0.15, 0.2) is 0 Å². The van der Waals surface area contributed by atoms with Crippen LogP contribution in [0.15, 0.2) is 53.4 Å². The van der Waals surface area contributed by atoms with E-state index >= 15 is 0 Å². The highest BCUT2D eigenvalue weighted by Gasteiger charge is 2.28. The van der Waals surface area contributed by atoms with Crippen molar-refractivity contribution < 1.29 is 14.4 Å². The second-order valence-corrected chi connectivity index (χ2v) is 7.96. The van der Waals surface area contributed by atoms with Gasteiger partial charge in [-0.05, 0) is 35.7 Å². The molecule has 3 aromatic heterocycles. The number of hydrogen-bond donors (Lipinski definition) is 2. The first-order valence-corrected chi connectivity index (χ1v) is 9.76. The van der Waals surface area contributed by atoms with E-state index in [0.717, 1.165) is 31.0 Å². The number of barbiturate groups is 1. The van der Waals surface area contributed by atoms with Crippen molar-refractivity contribution in [2.45, 2.75) is 0 Å². The smallest absolute Gasteiger partial charge is 0.307 e. The van der Waals surface area contributed by atoms with E-state index in [1.54, 1.807) is 11.3 Å². The number of benzene rings is 1. The standard InChI is InChI=1S/C19H11N3O3S2/c23-17-12(18(24)21-19(25)20-17)8-11-9-14-16(27-11)15-13(6-7-26-15)22(14)10-4-2-1-3-5-10/h1-9H,(H2,20,21,23,24,25). The number of imide groups is 2. The van der Waals surface area contributed by atoms with Crippen molar-refractivity contribution >= 4 is 67.0 Å². The molecule has 0 unspecified atom stereocenters. The van der Waals surface area contributed by atoms with Crippen LogP contribution in [0.2, 0.25) is 0 Å². The van der Waals surface area contributed by atoms with Crippen molar-refractivity contribution in [3.05, 3.63) is 58.3 Å². The zero-order valence-electron chi connectivity index (χ0n) is 13.7. The summed E-state index contributed by atoms with van der Waals surface area (Å²) in [5, 5.41) is 6.24. The Hall–Kier alpha value is -3.23. The Labute approximate surface area is 160 Å². The molecule has 0 aliphatic carbocycles. The van der Waals surface area contributed by atoms with Crippen LogP contribution in [0.1, 0.15) is 4.88 Å². The first kappa shape index (κ1) is 16.0. The maximum atomic E-state index is 12.0. The number of hydrogen-bond acceptors (Lipinski definition) is 5. The van der Waals surface area contributed by atoms with Crippen molar-refractivity contribution in [3.63, 3.8) is 0 Å². The van der Waals surface area contributed by atoms with E-state index in [9.17, 15) is 14.4 Å². The van der Waals surface area contributed by atoms with E-state index in [4.69, 9.17) is 0 Å². The lowest BCUT2D eigenvalue weighted by atomic mass is 10.1. The lowest BCUT2D eigenvalue weighted by molar-refractivity contribution is -0.123. The highest BCUT2D eigenvalue weighted by Crippen LogP contribution is 2.40. The molecule has 1 fully saturated rings. The minimum atomic E-state index is -0.797. The fraction of sp³-hybridized carbons (Fsp3) is 0. The molecule has 4 aromatic rings. The summed E-state index contributed by atoms with van der Waals surface area (Å²) in [4.78, 5) is 35.9. The van der Waals surface area contributed by atoms with E-state index in [1.165, 1.54) is 17.4 Å². The molecule has 2 N–H and O–H groups in total. The summed E-state index contributed by atoms with van der Waals surface area (Å²) in [6, 6.07) is 13.3. The molecule has 0 bridgehead atoms. The van der Waals surface area contributed by atoms with Gasteiger partial charge in [0.2, 0.25) is 0 Å². The highest BCUT2D eigenvalue weighted by atomic mass is 32.1. The number of urea groups is 1. The fourth-order valence-electron chi connectivity index (χ4n) is 3.18. The highest BCUT2D eigenvalue weighted by molar-refractivity contribution is 7.27. The SMILES string of the molecule is O=C1NC(=O)C(=Cc2cc3c(s2)c2sccc2n3-c2ccccc2)C(=O)N1. The summed E-state index contributed by atoms with van der Waals surface area (Å²) in [5.74, 6) is -1.37. The molecular weight excluding hydrogens is 382 g/mol. The molecule has 1 saturated heterocycles. The molecule has 0 spiro atoms. The van der Waals surface area contributed by atoms with Gasteiger partial charge in [0, 0.05) is 10.6 Å². The lowest BCUT2D eigenvalue weighted by Crippen LogP contribution is -2.51. The molecule has 8 heteroatoms. The number of thiophene rings is 2. The van der Waals surface area contributed by atoms with Crippen LogP contribution in [0.25, 0.3) is 32.2 Å². The second-order valence-electron chi connectivity index (χ2n) is 5.96. The summed E-state index contributed by atoms with van der Waals surface area (Å²) in [6.07, 6.45) is 1.52. The number of carbonyl (C=O) groups is 3.